The predicted molar refractivity (Wildman–Crippen MR) is 99.4 cm³/mol. The topological polar surface area (TPSA) is 96.6 Å². The normalized spacial score (nSPS) is 11.8. The van der Waals surface area contributed by atoms with Crippen LogP contribution in [0.1, 0.15) is 16.7 Å². The van der Waals surface area contributed by atoms with Crippen molar-refractivity contribution in [1.29, 1.82) is 0 Å². The smallest absolute Gasteiger partial charge is 0.340 e. The van der Waals surface area contributed by atoms with Gasteiger partial charge in [0.25, 0.3) is 0 Å². The first-order valence-corrected chi connectivity index (χ1v) is 9.56. The molecule has 3 aromatic rings. The van der Waals surface area contributed by atoms with Gasteiger partial charge in [0.15, 0.2) is 0 Å². The van der Waals surface area contributed by atoms with Gasteiger partial charge in [0.05, 0.1) is 9.92 Å². The van der Waals surface area contributed by atoms with E-state index in [1.807, 2.05) is 0 Å². The van der Waals surface area contributed by atoms with E-state index >= 15 is 0 Å². The molecule has 3 rings (SSSR count). The molecule has 2 aromatic carbocycles. The van der Waals surface area contributed by atoms with E-state index in [0.29, 0.717) is 22.1 Å². The number of nitrogens with one attached hydrogen (secondary N) is 1. The first kappa shape index (κ1) is 18.4. The molecule has 26 heavy (non-hydrogen) atoms. The highest BCUT2D eigenvalue weighted by Crippen LogP contribution is 2.31. The third-order valence-corrected chi connectivity index (χ3v) is 5.93. The zero-order valence-corrected chi connectivity index (χ0v) is 15.6. The fourth-order valence-electron chi connectivity index (χ4n) is 2.75. The summed E-state index contributed by atoms with van der Waals surface area (Å²) in [6.07, 6.45) is 0.204. The standard InChI is InChI=1S/C18H16ClNO5S/c1-10-13-8-15(19)16(21)9-17(13)25-18(22)14(10)7-11-4-3-5-12(6-11)26(23,24)20-2/h3-6,8-9,20-21H,7H2,1-2H3. The number of benzene rings is 2. The van der Waals surface area contributed by atoms with Gasteiger partial charge in [0.2, 0.25) is 10.0 Å². The maximum absolute atomic E-state index is 12.4. The zero-order chi connectivity index (χ0) is 19.1. The van der Waals surface area contributed by atoms with Gasteiger partial charge in [-0.05, 0) is 43.3 Å². The summed E-state index contributed by atoms with van der Waals surface area (Å²) in [5.41, 5.74) is 1.42. The molecule has 0 aliphatic heterocycles. The van der Waals surface area contributed by atoms with Gasteiger partial charge in [0.1, 0.15) is 11.3 Å². The molecule has 0 radical (unpaired) electrons. The van der Waals surface area contributed by atoms with Crippen molar-refractivity contribution in [3.05, 3.63) is 68.5 Å². The van der Waals surface area contributed by atoms with Crippen molar-refractivity contribution in [2.45, 2.75) is 18.2 Å². The summed E-state index contributed by atoms with van der Waals surface area (Å²) in [5.74, 6) is -0.167. The third-order valence-electron chi connectivity index (χ3n) is 4.21. The molecule has 0 bridgehead atoms. The summed E-state index contributed by atoms with van der Waals surface area (Å²) >= 11 is 5.96. The van der Waals surface area contributed by atoms with Crippen LogP contribution in [-0.4, -0.2) is 20.6 Å². The van der Waals surface area contributed by atoms with Gasteiger partial charge in [-0.25, -0.2) is 17.9 Å². The number of rotatable bonds is 4. The summed E-state index contributed by atoms with van der Waals surface area (Å²) in [6, 6.07) is 9.19. The molecule has 0 aliphatic carbocycles. The van der Waals surface area contributed by atoms with Crippen LogP contribution in [0.4, 0.5) is 0 Å². The molecular formula is C18H16ClNO5S. The quantitative estimate of drug-likeness (QED) is 0.664. The number of sulfonamides is 1. The zero-order valence-electron chi connectivity index (χ0n) is 14.0. The number of phenolic OH excluding ortho intramolecular Hbond substituents is 1. The van der Waals surface area contributed by atoms with Crippen molar-refractivity contribution in [2.75, 3.05) is 7.05 Å². The van der Waals surface area contributed by atoms with Gasteiger partial charge in [0, 0.05) is 23.4 Å². The summed E-state index contributed by atoms with van der Waals surface area (Å²) in [4.78, 5) is 12.5. The second kappa shape index (κ2) is 6.75. The minimum atomic E-state index is -3.58. The van der Waals surface area contributed by atoms with Crippen LogP contribution in [0.2, 0.25) is 5.02 Å². The van der Waals surface area contributed by atoms with Gasteiger partial charge in [-0.15, -0.1) is 0 Å². The number of hydrogen-bond donors (Lipinski definition) is 2. The SMILES string of the molecule is CNS(=O)(=O)c1cccc(Cc2c(C)c3cc(Cl)c(O)cc3oc2=O)c1. The molecule has 1 heterocycles. The molecule has 0 saturated carbocycles. The minimum absolute atomic E-state index is 0.119. The lowest BCUT2D eigenvalue weighted by atomic mass is 9.99. The highest BCUT2D eigenvalue weighted by Gasteiger charge is 2.16. The molecule has 136 valence electrons. The van der Waals surface area contributed by atoms with E-state index in [9.17, 15) is 18.3 Å². The van der Waals surface area contributed by atoms with Crippen LogP contribution in [0.15, 0.2) is 50.5 Å². The van der Waals surface area contributed by atoms with Crippen LogP contribution in [0.5, 0.6) is 5.75 Å². The van der Waals surface area contributed by atoms with E-state index in [4.69, 9.17) is 16.0 Å². The van der Waals surface area contributed by atoms with Gasteiger partial charge in [-0.1, -0.05) is 23.7 Å². The van der Waals surface area contributed by atoms with Crippen molar-refractivity contribution in [3.8, 4) is 5.75 Å². The molecule has 0 aliphatic rings. The summed E-state index contributed by atoms with van der Waals surface area (Å²) in [7, 11) is -2.24. The van der Waals surface area contributed by atoms with E-state index in [1.54, 1.807) is 19.1 Å². The molecule has 0 fully saturated rings. The Morgan fingerprint density at radius 3 is 2.65 bits per heavy atom. The molecule has 0 unspecified atom stereocenters. The van der Waals surface area contributed by atoms with Crippen molar-refractivity contribution in [2.24, 2.45) is 0 Å². The first-order chi connectivity index (χ1) is 12.2. The van der Waals surface area contributed by atoms with Gasteiger partial charge < -0.3 is 9.52 Å². The lowest BCUT2D eigenvalue weighted by molar-refractivity contribution is 0.473. The van der Waals surface area contributed by atoms with E-state index in [2.05, 4.69) is 4.72 Å². The first-order valence-electron chi connectivity index (χ1n) is 7.70. The van der Waals surface area contributed by atoms with Crippen LogP contribution in [0.25, 0.3) is 11.0 Å². The molecule has 2 N–H and O–H groups in total. The maximum Gasteiger partial charge on any atom is 0.340 e. The van der Waals surface area contributed by atoms with Crippen LogP contribution in [0, 0.1) is 6.92 Å². The number of aryl methyl sites for hydroxylation is 1. The Bertz CT molecular complexity index is 1170. The monoisotopic (exact) mass is 393 g/mol. The minimum Gasteiger partial charge on any atom is -0.506 e. The van der Waals surface area contributed by atoms with Crippen LogP contribution in [0.3, 0.4) is 0 Å². The Morgan fingerprint density at radius 1 is 1.23 bits per heavy atom. The van der Waals surface area contributed by atoms with Crippen molar-refractivity contribution in [3.63, 3.8) is 0 Å². The maximum atomic E-state index is 12.4. The summed E-state index contributed by atoms with van der Waals surface area (Å²) in [6.45, 7) is 1.76. The van der Waals surface area contributed by atoms with E-state index in [-0.39, 0.29) is 27.7 Å². The molecule has 1 aromatic heterocycles. The highest BCUT2D eigenvalue weighted by molar-refractivity contribution is 7.89. The Morgan fingerprint density at radius 2 is 1.96 bits per heavy atom. The number of phenols is 1. The Hall–Kier alpha value is -2.35. The average molecular weight is 394 g/mol. The second-order valence-electron chi connectivity index (χ2n) is 5.82. The Labute approximate surface area is 155 Å². The lowest BCUT2D eigenvalue weighted by Crippen LogP contribution is -2.18. The summed E-state index contributed by atoms with van der Waals surface area (Å²) in [5, 5.41) is 10.4. The van der Waals surface area contributed by atoms with Gasteiger partial charge in [-0.3, -0.25) is 0 Å². The third kappa shape index (κ3) is 3.33. The number of hydrogen-bond acceptors (Lipinski definition) is 5. The second-order valence-corrected chi connectivity index (χ2v) is 8.12. The van der Waals surface area contributed by atoms with E-state index < -0.39 is 15.6 Å². The lowest BCUT2D eigenvalue weighted by Gasteiger charge is -2.10. The van der Waals surface area contributed by atoms with Crippen LogP contribution >= 0.6 is 11.6 Å². The Balaban J connectivity index is 2.11. The van der Waals surface area contributed by atoms with Crippen molar-refractivity contribution >= 4 is 32.6 Å². The fraction of sp³-hybridized carbons (Fsp3) is 0.167. The molecule has 8 heteroatoms. The van der Waals surface area contributed by atoms with Crippen LogP contribution in [-0.2, 0) is 16.4 Å². The Kier molecular flexibility index (Phi) is 4.79. The van der Waals surface area contributed by atoms with E-state index in [1.165, 1.54) is 31.3 Å². The molecule has 6 nitrogen and oxygen atoms in total. The fourth-order valence-corrected chi connectivity index (χ4v) is 3.71. The number of halogens is 1. The summed E-state index contributed by atoms with van der Waals surface area (Å²) < 4.78 is 31.5. The number of fused-ring (bicyclic) bond motifs is 1. The molecule has 0 saturated heterocycles. The molecular weight excluding hydrogens is 378 g/mol. The predicted octanol–water partition coefficient (Wildman–Crippen LogP) is 2.96. The molecule has 0 amide bonds. The highest BCUT2D eigenvalue weighted by atomic mass is 35.5. The molecule has 0 atom stereocenters. The largest absolute Gasteiger partial charge is 0.506 e. The van der Waals surface area contributed by atoms with Gasteiger partial charge in [-0.2, -0.15) is 0 Å². The van der Waals surface area contributed by atoms with Crippen molar-refractivity contribution in [1.82, 2.24) is 4.72 Å². The van der Waals surface area contributed by atoms with Crippen LogP contribution < -0.4 is 10.3 Å². The number of aromatic hydroxyl groups is 1. The average Bonchev–Trinajstić information content (AvgIpc) is 2.61. The molecule has 0 spiro atoms. The van der Waals surface area contributed by atoms with Gasteiger partial charge >= 0.3 is 5.63 Å². The van der Waals surface area contributed by atoms with E-state index in [0.717, 1.165) is 0 Å². The van der Waals surface area contributed by atoms with Crippen molar-refractivity contribution < 1.29 is 17.9 Å².